The highest BCUT2D eigenvalue weighted by atomic mass is 79.9. The van der Waals surface area contributed by atoms with Gasteiger partial charge in [-0.1, -0.05) is 0 Å². The van der Waals surface area contributed by atoms with Crippen LogP contribution in [0.5, 0.6) is 0 Å². The summed E-state index contributed by atoms with van der Waals surface area (Å²) in [5.74, 6) is 0.841. The van der Waals surface area contributed by atoms with Gasteiger partial charge in [-0.25, -0.2) is 9.97 Å². The van der Waals surface area contributed by atoms with Gasteiger partial charge in [0.25, 0.3) is 0 Å². The predicted octanol–water partition coefficient (Wildman–Crippen LogP) is 1.60. The Hall–Kier alpha value is -0.680. The zero-order valence-electron chi connectivity index (χ0n) is 8.66. The lowest BCUT2D eigenvalue weighted by atomic mass is 10.3. The fourth-order valence-corrected chi connectivity index (χ4v) is 1.23. The molecule has 14 heavy (non-hydrogen) atoms. The third-order valence-electron chi connectivity index (χ3n) is 2.11. The monoisotopic (exact) mass is 258 g/mol. The van der Waals surface area contributed by atoms with E-state index in [4.69, 9.17) is 0 Å². The molecule has 5 heteroatoms. The molecule has 1 heterocycles. The maximum absolute atomic E-state index is 4.12. The number of nitrogens with zero attached hydrogens (tertiary/aromatic N) is 3. The first-order valence-corrected chi connectivity index (χ1v) is 5.26. The third kappa shape index (κ3) is 3.23. The SMILES string of the molecule is CC(CNc1ncncc1Br)N(C)C. The highest BCUT2D eigenvalue weighted by molar-refractivity contribution is 9.10. The van der Waals surface area contributed by atoms with Gasteiger partial charge in [0.2, 0.25) is 0 Å². The van der Waals surface area contributed by atoms with Crippen molar-refractivity contribution in [2.24, 2.45) is 0 Å². The van der Waals surface area contributed by atoms with Crippen LogP contribution >= 0.6 is 15.9 Å². The molecular formula is C9H15BrN4. The molecule has 1 aromatic rings. The average Bonchev–Trinajstić information content (AvgIpc) is 2.16. The predicted molar refractivity (Wildman–Crippen MR) is 61.4 cm³/mol. The normalized spacial score (nSPS) is 12.9. The summed E-state index contributed by atoms with van der Waals surface area (Å²) in [6.07, 6.45) is 3.27. The molecule has 0 aliphatic rings. The van der Waals surface area contributed by atoms with Gasteiger partial charge < -0.3 is 10.2 Å². The van der Waals surface area contributed by atoms with E-state index in [0.717, 1.165) is 16.8 Å². The van der Waals surface area contributed by atoms with Crippen LogP contribution in [0.3, 0.4) is 0 Å². The van der Waals surface area contributed by atoms with E-state index in [1.165, 1.54) is 6.33 Å². The minimum atomic E-state index is 0.469. The van der Waals surface area contributed by atoms with Crippen LogP contribution < -0.4 is 5.32 Å². The van der Waals surface area contributed by atoms with Crippen molar-refractivity contribution >= 4 is 21.7 Å². The van der Waals surface area contributed by atoms with Crippen LogP contribution in [-0.4, -0.2) is 41.5 Å². The van der Waals surface area contributed by atoms with E-state index in [0.29, 0.717) is 6.04 Å². The Morgan fingerprint density at radius 2 is 2.29 bits per heavy atom. The van der Waals surface area contributed by atoms with Gasteiger partial charge in [0.1, 0.15) is 12.1 Å². The fourth-order valence-electron chi connectivity index (χ4n) is 0.870. The zero-order valence-corrected chi connectivity index (χ0v) is 10.2. The minimum Gasteiger partial charge on any atom is -0.367 e. The Kier molecular flexibility index (Phi) is 4.28. The number of nitrogens with one attached hydrogen (secondary N) is 1. The third-order valence-corrected chi connectivity index (χ3v) is 2.69. The number of aromatic nitrogens is 2. The van der Waals surface area contributed by atoms with Gasteiger partial charge >= 0.3 is 0 Å². The average molecular weight is 259 g/mol. The Morgan fingerprint density at radius 3 is 2.86 bits per heavy atom. The molecule has 0 aromatic carbocycles. The standard InChI is InChI=1S/C9H15BrN4/c1-7(14(2)3)4-12-9-8(10)5-11-6-13-9/h5-7H,4H2,1-3H3,(H,11,12,13). The summed E-state index contributed by atoms with van der Waals surface area (Å²) in [6, 6.07) is 0.469. The van der Waals surface area contributed by atoms with Gasteiger partial charge in [0.15, 0.2) is 0 Å². The molecule has 1 aromatic heterocycles. The molecule has 1 atom stereocenters. The first-order valence-electron chi connectivity index (χ1n) is 4.47. The quantitative estimate of drug-likeness (QED) is 0.891. The van der Waals surface area contributed by atoms with Crippen molar-refractivity contribution in [2.45, 2.75) is 13.0 Å². The summed E-state index contributed by atoms with van der Waals surface area (Å²) in [5, 5.41) is 3.25. The van der Waals surface area contributed by atoms with Crippen molar-refractivity contribution in [1.82, 2.24) is 14.9 Å². The van der Waals surface area contributed by atoms with Gasteiger partial charge in [-0.05, 0) is 36.9 Å². The van der Waals surface area contributed by atoms with Crippen LogP contribution in [-0.2, 0) is 0 Å². The molecule has 1 rings (SSSR count). The van der Waals surface area contributed by atoms with Crippen molar-refractivity contribution < 1.29 is 0 Å². The van der Waals surface area contributed by atoms with Gasteiger partial charge in [0, 0.05) is 18.8 Å². The molecule has 0 aliphatic carbocycles. The fraction of sp³-hybridized carbons (Fsp3) is 0.556. The van der Waals surface area contributed by atoms with Crippen molar-refractivity contribution in [3.63, 3.8) is 0 Å². The summed E-state index contributed by atoms with van der Waals surface area (Å²) < 4.78 is 0.894. The van der Waals surface area contributed by atoms with Crippen LogP contribution in [0.2, 0.25) is 0 Å². The van der Waals surface area contributed by atoms with Crippen LogP contribution in [0.25, 0.3) is 0 Å². The van der Waals surface area contributed by atoms with E-state index < -0.39 is 0 Å². The van der Waals surface area contributed by atoms with Crippen LogP contribution in [0.15, 0.2) is 17.0 Å². The molecule has 78 valence electrons. The summed E-state index contributed by atoms with van der Waals surface area (Å²) in [4.78, 5) is 10.2. The lowest BCUT2D eigenvalue weighted by Gasteiger charge is -2.20. The molecule has 0 fully saturated rings. The maximum Gasteiger partial charge on any atom is 0.143 e. The molecule has 4 nitrogen and oxygen atoms in total. The molecule has 1 N–H and O–H groups in total. The summed E-state index contributed by atoms with van der Waals surface area (Å²) >= 11 is 3.38. The number of likely N-dealkylation sites (N-methyl/N-ethyl adjacent to an activating group) is 1. The lowest BCUT2D eigenvalue weighted by molar-refractivity contribution is 0.326. The van der Waals surface area contributed by atoms with Crippen molar-refractivity contribution in [2.75, 3.05) is 26.0 Å². The molecule has 0 saturated carbocycles. The number of rotatable bonds is 4. The Morgan fingerprint density at radius 1 is 1.57 bits per heavy atom. The van der Waals surface area contributed by atoms with E-state index in [1.807, 2.05) is 0 Å². The molecular weight excluding hydrogens is 244 g/mol. The van der Waals surface area contributed by atoms with E-state index in [2.05, 4.69) is 57.1 Å². The molecule has 0 bridgehead atoms. The molecule has 0 radical (unpaired) electrons. The van der Waals surface area contributed by atoms with Crippen LogP contribution in [0.1, 0.15) is 6.92 Å². The lowest BCUT2D eigenvalue weighted by Crippen LogP contribution is -2.31. The number of anilines is 1. The van der Waals surface area contributed by atoms with E-state index >= 15 is 0 Å². The Balaban J connectivity index is 2.50. The summed E-state index contributed by atoms with van der Waals surface area (Å²) in [5.41, 5.74) is 0. The first-order chi connectivity index (χ1) is 6.61. The first kappa shape index (κ1) is 11.4. The van der Waals surface area contributed by atoms with Crippen molar-refractivity contribution in [3.8, 4) is 0 Å². The Bertz CT molecular complexity index is 290. The second-order valence-corrected chi connectivity index (χ2v) is 4.27. The minimum absolute atomic E-state index is 0.469. The topological polar surface area (TPSA) is 41.1 Å². The summed E-state index contributed by atoms with van der Waals surface area (Å²) in [6.45, 7) is 3.02. The molecule has 0 saturated heterocycles. The largest absolute Gasteiger partial charge is 0.367 e. The number of halogens is 1. The molecule has 0 spiro atoms. The highest BCUT2D eigenvalue weighted by Gasteiger charge is 2.05. The Labute approximate surface area is 92.9 Å². The second-order valence-electron chi connectivity index (χ2n) is 3.41. The molecule has 0 amide bonds. The van der Waals surface area contributed by atoms with Gasteiger partial charge in [-0.3, -0.25) is 0 Å². The van der Waals surface area contributed by atoms with Crippen LogP contribution in [0.4, 0.5) is 5.82 Å². The van der Waals surface area contributed by atoms with Gasteiger partial charge in [-0.2, -0.15) is 0 Å². The van der Waals surface area contributed by atoms with E-state index in [1.54, 1.807) is 6.20 Å². The van der Waals surface area contributed by atoms with Gasteiger partial charge in [-0.15, -0.1) is 0 Å². The van der Waals surface area contributed by atoms with Gasteiger partial charge in [0.05, 0.1) is 4.47 Å². The number of hydrogen-bond donors (Lipinski definition) is 1. The summed E-state index contributed by atoms with van der Waals surface area (Å²) in [7, 11) is 4.11. The zero-order chi connectivity index (χ0) is 10.6. The molecule has 1 unspecified atom stereocenters. The smallest absolute Gasteiger partial charge is 0.143 e. The van der Waals surface area contributed by atoms with Crippen molar-refractivity contribution in [3.05, 3.63) is 17.0 Å². The second kappa shape index (κ2) is 5.26. The van der Waals surface area contributed by atoms with E-state index in [9.17, 15) is 0 Å². The highest BCUT2D eigenvalue weighted by Crippen LogP contribution is 2.16. The maximum atomic E-state index is 4.12. The van der Waals surface area contributed by atoms with Crippen molar-refractivity contribution in [1.29, 1.82) is 0 Å². The van der Waals surface area contributed by atoms with Crippen LogP contribution in [0, 0.1) is 0 Å². The number of hydrogen-bond acceptors (Lipinski definition) is 4. The van der Waals surface area contributed by atoms with E-state index in [-0.39, 0.29) is 0 Å². The molecule has 0 aliphatic heterocycles.